The van der Waals surface area contributed by atoms with Gasteiger partial charge in [0.05, 0.1) is 12.7 Å². The van der Waals surface area contributed by atoms with Crippen LogP contribution in [0.3, 0.4) is 0 Å². The highest BCUT2D eigenvalue weighted by atomic mass is 16.5. The summed E-state index contributed by atoms with van der Waals surface area (Å²) < 4.78 is 4.72. The smallest absolute Gasteiger partial charge is 0.337 e. The largest absolute Gasteiger partial charge is 0.465 e. The predicted molar refractivity (Wildman–Crippen MR) is 101 cm³/mol. The zero-order chi connectivity index (χ0) is 18.9. The fourth-order valence-electron chi connectivity index (χ4n) is 2.33. The summed E-state index contributed by atoms with van der Waals surface area (Å²) in [7, 11) is 5.33. The maximum absolute atomic E-state index is 12.2. The van der Waals surface area contributed by atoms with E-state index in [1.807, 2.05) is 20.2 Å². The molecule has 0 saturated carbocycles. The lowest BCUT2D eigenvalue weighted by molar-refractivity contribution is 0.0600. The zero-order valence-corrected chi connectivity index (χ0v) is 15.3. The molecule has 0 fully saturated rings. The van der Waals surface area contributed by atoms with Gasteiger partial charge in [-0.1, -0.05) is 6.07 Å². The van der Waals surface area contributed by atoms with Crippen LogP contribution in [0.1, 0.15) is 27.1 Å². The molecule has 0 unspecified atom stereocenters. The van der Waals surface area contributed by atoms with Gasteiger partial charge in [-0.05, 0) is 57.4 Å². The quantitative estimate of drug-likeness (QED) is 0.558. The molecule has 0 aliphatic carbocycles. The van der Waals surface area contributed by atoms with Gasteiger partial charge < -0.3 is 20.3 Å². The maximum Gasteiger partial charge on any atom is 0.337 e. The third-order valence-corrected chi connectivity index (χ3v) is 3.65. The highest BCUT2D eigenvalue weighted by molar-refractivity contribution is 5.95. The third-order valence-electron chi connectivity index (χ3n) is 3.65. The van der Waals surface area contributed by atoms with Gasteiger partial charge in [-0.15, -0.1) is 0 Å². The van der Waals surface area contributed by atoms with Crippen molar-refractivity contribution < 1.29 is 14.3 Å². The second-order valence-electron chi connectivity index (χ2n) is 6.04. The summed E-state index contributed by atoms with van der Waals surface area (Å²) in [6.45, 7) is 1.53. The first-order chi connectivity index (χ1) is 12.5. The van der Waals surface area contributed by atoms with Crippen LogP contribution in [-0.4, -0.2) is 56.1 Å². The van der Waals surface area contributed by atoms with Gasteiger partial charge in [0.25, 0.3) is 5.91 Å². The minimum Gasteiger partial charge on any atom is -0.465 e. The van der Waals surface area contributed by atoms with Gasteiger partial charge in [0.1, 0.15) is 5.82 Å². The number of carbonyl (C=O) groups excluding carboxylic acids is 2. The van der Waals surface area contributed by atoms with Gasteiger partial charge in [0, 0.05) is 24.0 Å². The Morgan fingerprint density at radius 2 is 1.96 bits per heavy atom. The van der Waals surface area contributed by atoms with E-state index in [0.717, 1.165) is 13.0 Å². The van der Waals surface area contributed by atoms with E-state index in [4.69, 9.17) is 4.74 Å². The molecule has 1 amide bonds. The van der Waals surface area contributed by atoms with Gasteiger partial charge in [-0.25, -0.2) is 9.78 Å². The van der Waals surface area contributed by atoms with E-state index in [1.165, 1.54) is 7.11 Å². The van der Waals surface area contributed by atoms with Gasteiger partial charge in [-0.2, -0.15) is 0 Å². The van der Waals surface area contributed by atoms with Crippen molar-refractivity contribution in [2.24, 2.45) is 0 Å². The SMILES string of the molecule is COC(=O)c1cccc(Nc2cc(C(=O)NCCCN(C)C)ccn2)c1. The van der Waals surface area contributed by atoms with Crippen LogP contribution in [-0.2, 0) is 4.74 Å². The lowest BCUT2D eigenvalue weighted by Gasteiger charge is -2.11. The van der Waals surface area contributed by atoms with Crippen molar-refractivity contribution in [3.8, 4) is 0 Å². The Bertz CT molecular complexity index is 762. The standard InChI is InChI=1S/C19H24N4O3/c1-23(2)11-5-9-21-18(24)14-8-10-20-17(13-14)22-16-7-4-6-15(12-16)19(25)26-3/h4,6-8,10,12-13H,5,9,11H2,1-3H3,(H,20,22)(H,21,24). The van der Waals surface area contributed by atoms with Crippen molar-refractivity contribution in [1.82, 2.24) is 15.2 Å². The first-order valence-corrected chi connectivity index (χ1v) is 8.34. The number of carbonyl (C=O) groups is 2. The van der Waals surface area contributed by atoms with Gasteiger partial charge >= 0.3 is 5.97 Å². The minimum absolute atomic E-state index is 0.141. The molecule has 2 aromatic rings. The lowest BCUT2D eigenvalue weighted by atomic mass is 10.2. The summed E-state index contributed by atoms with van der Waals surface area (Å²) >= 11 is 0. The number of anilines is 2. The van der Waals surface area contributed by atoms with Crippen LogP contribution in [0.25, 0.3) is 0 Å². The molecule has 0 bridgehead atoms. The van der Waals surface area contributed by atoms with E-state index < -0.39 is 5.97 Å². The first-order valence-electron chi connectivity index (χ1n) is 8.34. The molecule has 138 valence electrons. The summed E-state index contributed by atoms with van der Waals surface area (Å²) in [6.07, 6.45) is 2.45. The Balaban J connectivity index is 2.00. The molecule has 0 aliphatic rings. The van der Waals surface area contributed by atoms with E-state index in [2.05, 4.69) is 20.5 Å². The van der Waals surface area contributed by atoms with Crippen LogP contribution in [0.15, 0.2) is 42.6 Å². The third kappa shape index (κ3) is 5.86. The molecule has 0 atom stereocenters. The number of rotatable bonds is 8. The van der Waals surface area contributed by atoms with E-state index in [1.54, 1.807) is 36.5 Å². The van der Waals surface area contributed by atoms with Crippen molar-refractivity contribution in [3.05, 3.63) is 53.7 Å². The van der Waals surface area contributed by atoms with Crippen molar-refractivity contribution in [1.29, 1.82) is 0 Å². The Hall–Kier alpha value is -2.93. The van der Waals surface area contributed by atoms with E-state index in [-0.39, 0.29) is 5.91 Å². The molecule has 2 N–H and O–H groups in total. The monoisotopic (exact) mass is 356 g/mol. The number of hydrogen-bond acceptors (Lipinski definition) is 6. The molecule has 7 nitrogen and oxygen atoms in total. The number of esters is 1. The number of ether oxygens (including phenoxy) is 1. The molecule has 0 spiro atoms. The van der Waals surface area contributed by atoms with Crippen LogP contribution in [0.4, 0.5) is 11.5 Å². The number of methoxy groups -OCH3 is 1. The number of amides is 1. The molecule has 1 heterocycles. The van der Waals surface area contributed by atoms with E-state index in [9.17, 15) is 9.59 Å². The topological polar surface area (TPSA) is 83.6 Å². The van der Waals surface area contributed by atoms with E-state index in [0.29, 0.717) is 29.2 Å². The van der Waals surface area contributed by atoms with Gasteiger partial charge in [0.15, 0.2) is 0 Å². The Kier molecular flexibility index (Phi) is 7.11. The van der Waals surface area contributed by atoms with E-state index >= 15 is 0 Å². The van der Waals surface area contributed by atoms with Crippen LogP contribution >= 0.6 is 0 Å². The summed E-state index contributed by atoms with van der Waals surface area (Å²) in [6, 6.07) is 10.2. The Morgan fingerprint density at radius 1 is 1.15 bits per heavy atom. The highest BCUT2D eigenvalue weighted by Crippen LogP contribution is 2.17. The molecular formula is C19H24N4O3. The number of nitrogens with one attached hydrogen (secondary N) is 2. The number of hydrogen-bond donors (Lipinski definition) is 2. The molecule has 1 aromatic heterocycles. The molecule has 0 aliphatic heterocycles. The fourth-order valence-corrected chi connectivity index (χ4v) is 2.33. The summed E-state index contributed by atoms with van der Waals surface area (Å²) in [5, 5.41) is 5.99. The number of benzene rings is 1. The Labute approximate surface area is 153 Å². The minimum atomic E-state index is -0.410. The zero-order valence-electron chi connectivity index (χ0n) is 15.3. The highest BCUT2D eigenvalue weighted by Gasteiger charge is 2.09. The average molecular weight is 356 g/mol. The summed E-state index contributed by atoms with van der Waals surface area (Å²) in [5.41, 5.74) is 1.65. The summed E-state index contributed by atoms with van der Waals surface area (Å²) in [4.78, 5) is 30.1. The second kappa shape index (κ2) is 9.53. The molecular weight excluding hydrogens is 332 g/mol. The first kappa shape index (κ1) is 19.4. The molecule has 26 heavy (non-hydrogen) atoms. The molecule has 0 saturated heterocycles. The molecule has 2 rings (SSSR count). The second-order valence-corrected chi connectivity index (χ2v) is 6.04. The van der Waals surface area contributed by atoms with Crippen LogP contribution < -0.4 is 10.6 Å². The van der Waals surface area contributed by atoms with Gasteiger partial charge in [-0.3, -0.25) is 4.79 Å². The maximum atomic E-state index is 12.2. The molecule has 0 radical (unpaired) electrons. The lowest BCUT2D eigenvalue weighted by Crippen LogP contribution is -2.27. The van der Waals surface area contributed by atoms with Crippen molar-refractivity contribution in [2.75, 3.05) is 39.6 Å². The van der Waals surface area contributed by atoms with Crippen LogP contribution in [0, 0.1) is 0 Å². The summed E-state index contributed by atoms with van der Waals surface area (Å²) in [5.74, 6) is -0.0297. The van der Waals surface area contributed by atoms with Gasteiger partial charge in [0.2, 0.25) is 0 Å². The fraction of sp³-hybridized carbons (Fsp3) is 0.316. The Morgan fingerprint density at radius 3 is 2.69 bits per heavy atom. The van der Waals surface area contributed by atoms with Crippen molar-refractivity contribution >= 4 is 23.4 Å². The van der Waals surface area contributed by atoms with Crippen LogP contribution in [0.5, 0.6) is 0 Å². The van der Waals surface area contributed by atoms with Crippen LogP contribution in [0.2, 0.25) is 0 Å². The number of pyridine rings is 1. The number of nitrogens with zero attached hydrogens (tertiary/aromatic N) is 2. The predicted octanol–water partition coefficient (Wildman–Crippen LogP) is 2.29. The van der Waals surface area contributed by atoms with Crippen molar-refractivity contribution in [3.63, 3.8) is 0 Å². The average Bonchev–Trinajstić information content (AvgIpc) is 2.64. The van der Waals surface area contributed by atoms with Crippen molar-refractivity contribution in [2.45, 2.75) is 6.42 Å². The number of aromatic nitrogens is 1. The normalized spacial score (nSPS) is 10.5. The molecule has 1 aromatic carbocycles. The molecule has 7 heteroatoms.